The summed E-state index contributed by atoms with van der Waals surface area (Å²) < 4.78 is 82.3. The van der Waals surface area contributed by atoms with Gasteiger partial charge in [0.05, 0.1) is 23.4 Å². The molecule has 3 rings (SSSR count). The molecule has 0 atom stereocenters. The lowest BCUT2D eigenvalue weighted by atomic mass is 10.0. The third-order valence-electron chi connectivity index (χ3n) is 5.08. The van der Waals surface area contributed by atoms with Gasteiger partial charge >= 0.3 is 12.4 Å². The summed E-state index contributed by atoms with van der Waals surface area (Å²) in [6.07, 6.45) is -11.6. The van der Waals surface area contributed by atoms with Gasteiger partial charge in [-0.2, -0.15) is 26.3 Å². The summed E-state index contributed by atoms with van der Waals surface area (Å²) in [6.45, 7) is -0.310. The second kappa shape index (κ2) is 11.4. The number of aromatic nitrogens is 1. The molecular formula is C25H18F6N3O5-. The summed E-state index contributed by atoms with van der Waals surface area (Å²) in [7, 11) is 0. The molecule has 0 aliphatic carbocycles. The number of nitrogens with one attached hydrogen (secondary N) is 2. The van der Waals surface area contributed by atoms with Crippen LogP contribution in [0.15, 0.2) is 54.7 Å². The number of nitrogens with zero attached hydrogens (tertiary/aromatic N) is 1. The quantitative estimate of drug-likeness (QED) is 0.230. The molecule has 14 heteroatoms. The van der Waals surface area contributed by atoms with Crippen molar-refractivity contribution in [2.75, 3.05) is 17.2 Å². The molecule has 2 N–H and O–H groups in total. The van der Waals surface area contributed by atoms with Crippen LogP contribution in [0.1, 0.15) is 28.0 Å². The highest BCUT2D eigenvalue weighted by atomic mass is 19.4. The fourth-order valence-electron chi connectivity index (χ4n) is 3.35. The second-order valence-electron chi connectivity index (χ2n) is 8.13. The average molecular weight is 554 g/mol. The third kappa shape index (κ3) is 8.18. The SMILES string of the molecule is Cc1ccc(-c2cccc(C(=O)CC(=O)Nc3cc(C(F)(F)F)c(OCC(F)(F)F)cc3NC(=O)[O-])c2)cn1. The molecule has 0 bridgehead atoms. The van der Waals surface area contributed by atoms with E-state index in [1.807, 2.05) is 5.32 Å². The molecule has 39 heavy (non-hydrogen) atoms. The Morgan fingerprint density at radius 2 is 1.62 bits per heavy atom. The van der Waals surface area contributed by atoms with Gasteiger partial charge in [-0.15, -0.1) is 0 Å². The van der Waals surface area contributed by atoms with E-state index in [0.717, 1.165) is 5.69 Å². The van der Waals surface area contributed by atoms with Crippen LogP contribution in [0.2, 0.25) is 0 Å². The standard InChI is InChI=1S/C25H19F6N3O5/c1-13-5-6-16(11-32-13)14-3-2-4-15(7-14)20(35)10-22(36)33-18-8-17(25(29,30)31)21(39-12-24(26,27)28)9-19(18)34-23(37)38/h2-9,11,34H,10,12H2,1H3,(H,33,36)(H,37,38)/p-1. The van der Waals surface area contributed by atoms with Gasteiger partial charge in [0, 0.05) is 29.1 Å². The van der Waals surface area contributed by atoms with Crippen molar-refractivity contribution in [2.45, 2.75) is 25.7 Å². The molecule has 0 saturated carbocycles. The molecule has 0 aliphatic rings. The zero-order chi connectivity index (χ0) is 29.0. The van der Waals surface area contributed by atoms with Gasteiger partial charge in [0.1, 0.15) is 11.8 Å². The lowest BCUT2D eigenvalue weighted by Gasteiger charge is -2.20. The Morgan fingerprint density at radius 1 is 0.923 bits per heavy atom. The predicted molar refractivity (Wildman–Crippen MR) is 124 cm³/mol. The summed E-state index contributed by atoms with van der Waals surface area (Å²) in [5, 5.41) is 14.6. The zero-order valence-corrected chi connectivity index (χ0v) is 19.9. The first-order valence-corrected chi connectivity index (χ1v) is 10.9. The van der Waals surface area contributed by atoms with Crippen LogP contribution in [0, 0.1) is 6.92 Å². The Balaban J connectivity index is 1.86. The molecule has 0 unspecified atom stereocenters. The van der Waals surface area contributed by atoms with Gasteiger partial charge in [0.15, 0.2) is 12.4 Å². The van der Waals surface area contributed by atoms with Gasteiger partial charge in [-0.3, -0.25) is 14.6 Å². The topological polar surface area (TPSA) is 120 Å². The molecule has 2 amide bonds. The van der Waals surface area contributed by atoms with E-state index in [4.69, 9.17) is 0 Å². The van der Waals surface area contributed by atoms with Gasteiger partial charge in [0.25, 0.3) is 0 Å². The number of hydrogen-bond donors (Lipinski definition) is 2. The number of rotatable bonds is 8. The van der Waals surface area contributed by atoms with E-state index < -0.39 is 65.9 Å². The van der Waals surface area contributed by atoms with Crippen LogP contribution in [0.25, 0.3) is 11.1 Å². The predicted octanol–water partition coefficient (Wildman–Crippen LogP) is 4.98. The van der Waals surface area contributed by atoms with Crippen LogP contribution in [-0.2, 0) is 11.0 Å². The maximum absolute atomic E-state index is 13.5. The van der Waals surface area contributed by atoms with Gasteiger partial charge in [-0.1, -0.05) is 24.3 Å². The molecule has 0 aliphatic heterocycles. The molecule has 0 spiro atoms. The second-order valence-corrected chi connectivity index (χ2v) is 8.13. The van der Waals surface area contributed by atoms with E-state index in [0.29, 0.717) is 17.2 Å². The third-order valence-corrected chi connectivity index (χ3v) is 5.08. The van der Waals surface area contributed by atoms with Crippen molar-refractivity contribution in [3.63, 3.8) is 0 Å². The number of ether oxygens (including phenoxy) is 1. The molecule has 1 aromatic heterocycles. The van der Waals surface area contributed by atoms with Crippen LogP contribution in [0.4, 0.5) is 42.5 Å². The van der Waals surface area contributed by atoms with E-state index in [1.165, 1.54) is 12.1 Å². The maximum atomic E-state index is 13.5. The molecular weight excluding hydrogens is 536 g/mol. The largest absolute Gasteiger partial charge is 0.530 e. The Morgan fingerprint density at radius 3 is 2.21 bits per heavy atom. The fraction of sp³-hybridized carbons (Fsp3) is 0.200. The first-order chi connectivity index (χ1) is 18.1. The summed E-state index contributed by atoms with van der Waals surface area (Å²) in [5.41, 5.74) is -1.12. The van der Waals surface area contributed by atoms with E-state index in [9.17, 15) is 45.8 Å². The average Bonchev–Trinajstić information content (AvgIpc) is 2.83. The van der Waals surface area contributed by atoms with Crippen LogP contribution in [0.5, 0.6) is 5.75 Å². The van der Waals surface area contributed by atoms with Crippen molar-refractivity contribution >= 4 is 29.2 Å². The molecule has 2 aromatic carbocycles. The number of pyridine rings is 1. The number of ketones is 1. The molecule has 0 radical (unpaired) electrons. The molecule has 8 nitrogen and oxygen atoms in total. The number of carboxylic acid groups (broad SMARTS) is 1. The maximum Gasteiger partial charge on any atom is 0.422 e. The summed E-state index contributed by atoms with van der Waals surface area (Å²) in [5.74, 6) is -3.19. The fourth-order valence-corrected chi connectivity index (χ4v) is 3.35. The number of alkyl halides is 6. The number of aryl methyl sites for hydroxylation is 1. The number of hydrogen-bond acceptors (Lipinski definition) is 6. The number of halogens is 6. The van der Waals surface area contributed by atoms with Crippen molar-refractivity contribution in [1.82, 2.24) is 4.98 Å². The molecule has 1 heterocycles. The minimum absolute atomic E-state index is 0.100. The number of Topliss-reactive ketones (excluding diaryl/α,β-unsaturated/α-hetero) is 1. The normalized spacial score (nSPS) is 11.6. The zero-order valence-electron chi connectivity index (χ0n) is 19.9. The van der Waals surface area contributed by atoms with Crippen molar-refractivity contribution in [2.24, 2.45) is 0 Å². The Hall–Kier alpha value is -4.62. The minimum atomic E-state index is -5.25. The van der Waals surface area contributed by atoms with Crippen molar-refractivity contribution in [3.8, 4) is 16.9 Å². The Bertz CT molecular complexity index is 1390. The summed E-state index contributed by atoms with van der Waals surface area (Å²) in [6, 6.07) is 10.2. The molecule has 0 saturated heterocycles. The van der Waals surface area contributed by atoms with E-state index in [1.54, 1.807) is 42.7 Å². The Labute approximate surface area is 216 Å². The van der Waals surface area contributed by atoms with Crippen molar-refractivity contribution < 1.29 is 50.6 Å². The smallest absolute Gasteiger partial charge is 0.422 e. The van der Waals surface area contributed by atoms with Gasteiger partial charge < -0.3 is 25.3 Å². The highest BCUT2D eigenvalue weighted by molar-refractivity contribution is 6.12. The molecule has 0 fully saturated rings. The van der Waals surface area contributed by atoms with Crippen molar-refractivity contribution in [3.05, 3.63) is 71.5 Å². The number of anilines is 2. The Kier molecular flexibility index (Phi) is 8.47. The van der Waals surface area contributed by atoms with E-state index in [-0.39, 0.29) is 11.6 Å². The highest BCUT2D eigenvalue weighted by Crippen LogP contribution is 2.42. The summed E-state index contributed by atoms with van der Waals surface area (Å²) in [4.78, 5) is 40.4. The first kappa shape index (κ1) is 28.9. The van der Waals surface area contributed by atoms with Crippen molar-refractivity contribution in [1.29, 1.82) is 0 Å². The van der Waals surface area contributed by atoms with Gasteiger partial charge in [-0.05, 0) is 30.7 Å². The van der Waals surface area contributed by atoms with E-state index >= 15 is 0 Å². The molecule has 206 valence electrons. The summed E-state index contributed by atoms with van der Waals surface area (Å²) >= 11 is 0. The lowest BCUT2D eigenvalue weighted by molar-refractivity contribution is -0.242. The number of carbonyl (C=O) groups is 3. The van der Waals surface area contributed by atoms with Crippen LogP contribution < -0.4 is 20.5 Å². The van der Waals surface area contributed by atoms with Gasteiger partial charge in [0.2, 0.25) is 5.91 Å². The monoisotopic (exact) mass is 554 g/mol. The van der Waals surface area contributed by atoms with E-state index in [2.05, 4.69) is 9.72 Å². The van der Waals surface area contributed by atoms with Crippen LogP contribution in [0.3, 0.4) is 0 Å². The van der Waals surface area contributed by atoms with Gasteiger partial charge in [-0.25, -0.2) is 0 Å². The van der Waals surface area contributed by atoms with Crippen LogP contribution in [-0.4, -0.2) is 35.6 Å². The number of amides is 2. The van der Waals surface area contributed by atoms with Crippen LogP contribution >= 0.6 is 0 Å². The number of benzene rings is 2. The lowest BCUT2D eigenvalue weighted by Crippen LogP contribution is -2.30. The number of carbonyl (C=O) groups excluding carboxylic acids is 3. The first-order valence-electron chi connectivity index (χ1n) is 10.9. The highest BCUT2D eigenvalue weighted by Gasteiger charge is 2.37. The molecule has 3 aromatic rings. The minimum Gasteiger partial charge on any atom is -0.530 e.